The van der Waals surface area contributed by atoms with Gasteiger partial charge in [-0.05, 0) is 36.2 Å². The third kappa shape index (κ3) is 3.38. The molecule has 0 aromatic heterocycles. The van der Waals surface area contributed by atoms with E-state index in [0.717, 1.165) is 17.7 Å². The lowest BCUT2D eigenvalue weighted by Gasteiger charge is -2.38. The van der Waals surface area contributed by atoms with Crippen molar-refractivity contribution in [1.29, 1.82) is 0 Å². The molecule has 0 saturated carbocycles. The van der Waals surface area contributed by atoms with E-state index in [-0.39, 0.29) is 12.1 Å². The number of anilines is 1. The van der Waals surface area contributed by atoms with Gasteiger partial charge in [-0.25, -0.2) is 0 Å². The van der Waals surface area contributed by atoms with Crippen LogP contribution in [0.3, 0.4) is 0 Å². The molecule has 2 aromatic carbocycles. The molecule has 0 radical (unpaired) electrons. The van der Waals surface area contributed by atoms with Crippen LogP contribution >= 0.6 is 0 Å². The van der Waals surface area contributed by atoms with Gasteiger partial charge < -0.3 is 19.7 Å². The summed E-state index contributed by atoms with van der Waals surface area (Å²) in [7, 11) is 1.61. The quantitative estimate of drug-likeness (QED) is 0.758. The number of carbonyl (C=O) groups excluding carboxylic acids is 1. The number of carbonyl (C=O) groups is 1. The van der Waals surface area contributed by atoms with Gasteiger partial charge in [0.1, 0.15) is 12.8 Å². The molecular formula is C21H24N2O3. The Balaban J connectivity index is 1.98. The largest absolute Gasteiger partial charge is 0.493 e. The molecule has 5 nitrogen and oxygen atoms in total. The van der Waals surface area contributed by atoms with Crippen LogP contribution in [0.1, 0.15) is 35.4 Å². The lowest BCUT2D eigenvalue weighted by molar-refractivity contribution is 0.0683. The standard InChI is InChI=1S/C21H24N2O3/c1-4-12-23-20(22-17-9-7-6-8-16(17)21(23)24)15-10-11-18(26-13-5-2)19(14-15)25-3/h5-11,14,20,22H,2,4,12-13H2,1,3H3. The molecule has 5 heteroatoms. The monoisotopic (exact) mass is 352 g/mol. The van der Waals surface area contributed by atoms with Gasteiger partial charge in [0.15, 0.2) is 11.5 Å². The molecule has 0 saturated heterocycles. The molecule has 2 aromatic rings. The summed E-state index contributed by atoms with van der Waals surface area (Å²) in [4.78, 5) is 14.8. The molecular weight excluding hydrogens is 328 g/mol. The minimum atomic E-state index is -0.250. The number of amides is 1. The summed E-state index contributed by atoms with van der Waals surface area (Å²) in [6, 6.07) is 13.4. The van der Waals surface area contributed by atoms with Gasteiger partial charge in [-0.1, -0.05) is 37.8 Å². The lowest BCUT2D eigenvalue weighted by Crippen LogP contribution is -2.43. The fourth-order valence-electron chi connectivity index (χ4n) is 3.15. The highest BCUT2D eigenvalue weighted by Gasteiger charge is 2.32. The van der Waals surface area contributed by atoms with Crippen LogP contribution in [0.5, 0.6) is 11.5 Å². The average molecular weight is 352 g/mol. The minimum absolute atomic E-state index is 0.0390. The second kappa shape index (κ2) is 7.95. The molecule has 1 aliphatic heterocycles. The molecule has 1 aliphatic rings. The van der Waals surface area contributed by atoms with Crippen molar-refractivity contribution < 1.29 is 14.3 Å². The smallest absolute Gasteiger partial charge is 0.257 e. The number of ether oxygens (including phenoxy) is 2. The van der Waals surface area contributed by atoms with Crippen molar-refractivity contribution in [2.45, 2.75) is 19.5 Å². The lowest BCUT2D eigenvalue weighted by atomic mass is 10.0. The van der Waals surface area contributed by atoms with E-state index in [9.17, 15) is 4.79 Å². The molecule has 1 atom stereocenters. The summed E-state index contributed by atoms with van der Waals surface area (Å²) in [5.74, 6) is 1.33. The Hall–Kier alpha value is -2.95. The first-order chi connectivity index (χ1) is 12.7. The van der Waals surface area contributed by atoms with E-state index in [4.69, 9.17) is 9.47 Å². The van der Waals surface area contributed by atoms with Crippen LogP contribution in [0.2, 0.25) is 0 Å². The molecule has 0 bridgehead atoms. The van der Waals surface area contributed by atoms with Crippen molar-refractivity contribution in [3.63, 3.8) is 0 Å². The number of hydrogen-bond acceptors (Lipinski definition) is 4. The van der Waals surface area contributed by atoms with Gasteiger partial charge in [-0.2, -0.15) is 0 Å². The third-order valence-electron chi connectivity index (χ3n) is 4.35. The van der Waals surface area contributed by atoms with Crippen LogP contribution in [-0.2, 0) is 0 Å². The maximum atomic E-state index is 13.0. The third-order valence-corrected chi connectivity index (χ3v) is 4.35. The van der Waals surface area contributed by atoms with Crippen molar-refractivity contribution in [2.24, 2.45) is 0 Å². The van der Waals surface area contributed by atoms with E-state index in [0.29, 0.717) is 30.2 Å². The van der Waals surface area contributed by atoms with Gasteiger partial charge in [0.2, 0.25) is 0 Å². The van der Waals surface area contributed by atoms with E-state index in [1.165, 1.54) is 0 Å². The number of hydrogen-bond donors (Lipinski definition) is 1. The number of fused-ring (bicyclic) bond motifs is 1. The van der Waals surface area contributed by atoms with Crippen molar-refractivity contribution in [3.05, 3.63) is 66.2 Å². The molecule has 1 heterocycles. The second-order valence-electron chi connectivity index (χ2n) is 6.10. The molecule has 26 heavy (non-hydrogen) atoms. The van der Waals surface area contributed by atoms with Gasteiger partial charge in [0, 0.05) is 12.2 Å². The molecule has 136 valence electrons. The van der Waals surface area contributed by atoms with Gasteiger partial charge in [0.25, 0.3) is 5.91 Å². The number of para-hydroxylation sites is 1. The summed E-state index contributed by atoms with van der Waals surface area (Å²) < 4.78 is 11.1. The second-order valence-corrected chi connectivity index (χ2v) is 6.10. The molecule has 3 rings (SSSR count). The van der Waals surface area contributed by atoms with Crippen LogP contribution in [0.4, 0.5) is 5.69 Å². The predicted molar refractivity (Wildman–Crippen MR) is 103 cm³/mol. The zero-order valence-electron chi connectivity index (χ0n) is 15.2. The van der Waals surface area contributed by atoms with Gasteiger partial charge in [-0.3, -0.25) is 4.79 Å². The fraction of sp³-hybridized carbons (Fsp3) is 0.286. The number of nitrogens with one attached hydrogen (secondary N) is 1. The van der Waals surface area contributed by atoms with Crippen LogP contribution in [0.15, 0.2) is 55.1 Å². The molecule has 1 unspecified atom stereocenters. The Morgan fingerprint density at radius 1 is 1.23 bits per heavy atom. The Labute approximate surface area is 154 Å². The van der Waals surface area contributed by atoms with E-state index < -0.39 is 0 Å². The Morgan fingerprint density at radius 2 is 2.04 bits per heavy atom. The van der Waals surface area contributed by atoms with Crippen molar-refractivity contribution >= 4 is 11.6 Å². The Bertz CT molecular complexity index is 804. The molecule has 1 amide bonds. The van der Waals surface area contributed by atoms with Crippen LogP contribution in [0, 0.1) is 0 Å². The zero-order chi connectivity index (χ0) is 18.5. The Kier molecular flexibility index (Phi) is 5.46. The normalized spacial score (nSPS) is 15.8. The maximum absolute atomic E-state index is 13.0. The van der Waals surface area contributed by atoms with Gasteiger partial charge in [-0.15, -0.1) is 0 Å². The average Bonchev–Trinajstić information content (AvgIpc) is 2.68. The SMILES string of the molecule is C=CCOc1ccc(C2Nc3ccccc3C(=O)N2CCC)cc1OC. The number of methoxy groups -OCH3 is 1. The Morgan fingerprint density at radius 3 is 2.77 bits per heavy atom. The summed E-state index contributed by atoms with van der Waals surface area (Å²) in [5.41, 5.74) is 2.50. The maximum Gasteiger partial charge on any atom is 0.257 e. The highest BCUT2D eigenvalue weighted by atomic mass is 16.5. The summed E-state index contributed by atoms with van der Waals surface area (Å²) in [5, 5.41) is 3.49. The van der Waals surface area contributed by atoms with Gasteiger partial charge >= 0.3 is 0 Å². The number of rotatable bonds is 7. The zero-order valence-corrected chi connectivity index (χ0v) is 15.2. The fourth-order valence-corrected chi connectivity index (χ4v) is 3.15. The first-order valence-electron chi connectivity index (χ1n) is 8.77. The molecule has 1 N–H and O–H groups in total. The van der Waals surface area contributed by atoms with Gasteiger partial charge in [0.05, 0.1) is 12.7 Å². The topological polar surface area (TPSA) is 50.8 Å². The van der Waals surface area contributed by atoms with Crippen LogP contribution in [-0.4, -0.2) is 31.1 Å². The molecule has 0 aliphatic carbocycles. The summed E-state index contributed by atoms with van der Waals surface area (Å²) in [6.45, 7) is 6.81. The van der Waals surface area contributed by atoms with Crippen LogP contribution in [0.25, 0.3) is 0 Å². The highest BCUT2D eigenvalue weighted by molar-refractivity contribution is 6.01. The molecule has 0 fully saturated rings. The number of nitrogens with zero attached hydrogens (tertiary/aromatic N) is 1. The van der Waals surface area contributed by atoms with Crippen LogP contribution < -0.4 is 14.8 Å². The summed E-state index contributed by atoms with van der Waals surface area (Å²) in [6.07, 6.45) is 2.32. The first-order valence-corrected chi connectivity index (χ1v) is 8.77. The summed E-state index contributed by atoms with van der Waals surface area (Å²) >= 11 is 0. The molecule has 0 spiro atoms. The van der Waals surface area contributed by atoms with Crippen molar-refractivity contribution in [2.75, 3.05) is 25.6 Å². The van der Waals surface area contributed by atoms with Crippen molar-refractivity contribution in [3.8, 4) is 11.5 Å². The van der Waals surface area contributed by atoms with E-state index in [1.807, 2.05) is 47.4 Å². The van der Waals surface area contributed by atoms with E-state index >= 15 is 0 Å². The predicted octanol–water partition coefficient (Wildman–Crippen LogP) is 4.24. The minimum Gasteiger partial charge on any atom is -0.493 e. The highest BCUT2D eigenvalue weighted by Crippen LogP contribution is 2.36. The number of benzene rings is 2. The van der Waals surface area contributed by atoms with E-state index in [1.54, 1.807) is 13.2 Å². The first kappa shape index (κ1) is 17.9. The van der Waals surface area contributed by atoms with E-state index in [2.05, 4.69) is 18.8 Å². The van der Waals surface area contributed by atoms with Crippen molar-refractivity contribution in [1.82, 2.24) is 4.90 Å².